The average Bonchev–Trinajstić information content (AvgIpc) is 3.09. The summed E-state index contributed by atoms with van der Waals surface area (Å²) in [6.07, 6.45) is 0.436. The minimum absolute atomic E-state index is 0.0529. The summed E-state index contributed by atoms with van der Waals surface area (Å²) < 4.78 is 6.67. The molecule has 1 N–H and O–H groups in total. The van der Waals surface area contributed by atoms with Crippen LogP contribution >= 0.6 is 0 Å². The maximum absolute atomic E-state index is 12.5. The molecule has 2 aromatic heterocycles. The molecule has 0 saturated heterocycles. The third-order valence-corrected chi connectivity index (χ3v) is 4.16. The summed E-state index contributed by atoms with van der Waals surface area (Å²) in [4.78, 5) is 40.9. The maximum Gasteiger partial charge on any atom is 0.344 e. The lowest BCUT2D eigenvalue weighted by atomic mass is 10.2. The molecule has 138 valence electrons. The molecule has 0 radical (unpaired) electrons. The smallest absolute Gasteiger partial charge is 0.344 e. The first-order chi connectivity index (χ1) is 12.9. The predicted molar refractivity (Wildman–Crippen MR) is 96.1 cm³/mol. The van der Waals surface area contributed by atoms with E-state index in [-0.39, 0.29) is 29.7 Å². The van der Waals surface area contributed by atoms with Gasteiger partial charge in [0.1, 0.15) is 5.56 Å². The van der Waals surface area contributed by atoms with Crippen LogP contribution in [0.1, 0.15) is 23.7 Å². The van der Waals surface area contributed by atoms with Gasteiger partial charge in [-0.3, -0.25) is 9.59 Å². The SMILES string of the molecule is CC(OC(=O)c1cnn2c1[nH]c(=O)c1ccccc12)C(=O)N(C)CCC#N. The van der Waals surface area contributed by atoms with E-state index in [4.69, 9.17) is 10.00 Å². The number of hydrogen-bond acceptors (Lipinski definition) is 6. The first-order valence-corrected chi connectivity index (χ1v) is 8.25. The number of carbonyl (C=O) groups is 2. The summed E-state index contributed by atoms with van der Waals surface area (Å²) in [5, 5.41) is 13.2. The van der Waals surface area contributed by atoms with Crippen molar-refractivity contribution in [3.8, 4) is 6.07 Å². The highest BCUT2D eigenvalue weighted by Crippen LogP contribution is 2.15. The molecule has 1 amide bonds. The maximum atomic E-state index is 12.5. The summed E-state index contributed by atoms with van der Waals surface area (Å²) >= 11 is 0. The van der Waals surface area contributed by atoms with Crippen LogP contribution in [-0.4, -0.2) is 51.1 Å². The fourth-order valence-corrected chi connectivity index (χ4v) is 2.74. The fraction of sp³-hybridized carbons (Fsp3) is 0.278. The lowest BCUT2D eigenvalue weighted by Crippen LogP contribution is -2.37. The zero-order valence-electron chi connectivity index (χ0n) is 14.8. The Morgan fingerprint density at radius 2 is 2.15 bits per heavy atom. The molecule has 27 heavy (non-hydrogen) atoms. The molecular formula is C18H17N5O4. The van der Waals surface area contributed by atoms with Crippen molar-refractivity contribution in [3.05, 3.63) is 46.4 Å². The number of amides is 1. The highest BCUT2D eigenvalue weighted by atomic mass is 16.5. The van der Waals surface area contributed by atoms with Crippen LogP contribution in [0.2, 0.25) is 0 Å². The Kier molecular flexibility index (Phi) is 4.90. The fourth-order valence-electron chi connectivity index (χ4n) is 2.74. The van der Waals surface area contributed by atoms with Crippen LogP contribution in [0.4, 0.5) is 0 Å². The second kappa shape index (κ2) is 7.29. The molecule has 2 heterocycles. The van der Waals surface area contributed by atoms with Crippen molar-refractivity contribution in [1.29, 1.82) is 5.26 Å². The summed E-state index contributed by atoms with van der Waals surface area (Å²) in [6.45, 7) is 1.69. The number of likely N-dealkylation sites (N-methyl/N-ethyl adjacent to an activating group) is 1. The molecule has 3 rings (SSSR count). The van der Waals surface area contributed by atoms with Gasteiger partial charge in [-0.1, -0.05) is 12.1 Å². The Morgan fingerprint density at radius 1 is 1.41 bits per heavy atom. The van der Waals surface area contributed by atoms with Crippen molar-refractivity contribution in [1.82, 2.24) is 19.5 Å². The largest absolute Gasteiger partial charge is 0.449 e. The van der Waals surface area contributed by atoms with Crippen LogP contribution in [-0.2, 0) is 9.53 Å². The van der Waals surface area contributed by atoms with Crippen molar-refractivity contribution in [2.24, 2.45) is 0 Å². The van der Waals surface area contributed by atoms with Crippen LogP contribution < -0.4 is 5.56 Å². The Labute approximate surface area is 153 Å². The molecule has 0 aliphatic rings. The third kappa shape index (κ3) is 3.37. The number of aromatic amines is 1. The zero-order chi connectivity index (χ0) is 19.6. The second-order valence-corrected chi connectivity index (χ2v) is 6.01. The van der Waals surface area contributed by atoms with Gasteiger partial charge in [-0.25, -0.2) is 9.31 Å². The standard InChI is InChI=1S/C18H17N5O4/c1-11(17(25)22(2)9-5-8-19)27-18(26)13-10-20-23-14-7-4-3-6-12(14)16(24)21-15(13)23/h3-4,6-7,10-11H,5,9H2,1-2H3,(H,21,24). The van der Waals surface area contributed by atoms with Gasteiger partial charge in [0, 0.05) is 13.6 Å². The van der Waals surface area contributed by atoms with Crippen LogP contribution in [0, 0.1) is 11.3 Å². The van der Waals surface area contributed by atoms with E-state index in [2.05, 4.69) is 10.1 Å². The molecule has 0 fully saturated rings. The number of rotatable bonds is 5. The summed E-state index contributed by atoms with van der Waals surface area (Å²) in [5.41, 5.74) is 0.446. The van der Waals surface area contributed by atoms with Crippen LogP contribution in [0.25, 0.3) is 16.6 Å². The Morgan fingerprint density at radius 3 is 2.89 bits per heavy atom. The van der Waals surface area contributed by atoms with Gasteiger partial charge >= 0.3 is 5.97 Å². The molecule has 9 nitrogen and oxygen atoms in total. The quantitative estimate of drug-likeness (QED) is 0.674. The summed E-state index contributed by atoms with van der Waals surface area (Å²) in [6, 6.07) is 8.82. The Bertz CT molecular complexity index is 1120. The van der Waals surface area contributed by atoms with E-state index in [0.29, 0.717) is 10.9 Å². The van der Waals surface area contributed by atoms with Gasteiger partial charge in [0.15, 0.2) is 11.8 Å². The Balaban J connectivity index is 1.87. The van der Waals surface area contributed by atoms with E-state index in [1.807, 2.05) is 6.07 Å². The van der Waals surface area contributed by atoms with E-state index in [1.54, 1.807) is 24.3 Å². The van der Waals surface area contributed by atoms with Gasteiger partial charge in [-0.05, 0) is 19.1 Å². The lowest BCUT2D eigenvalue weighted by molar-refractivity contribution is -0.138. The van der Waals surface area contributed by atoms with Gasteiger partial charge in [0.05, 0.1) is 29.6 Å². The molecule has 1 unspecified atom stereocenters. The van der Waals surface area contributed by atoms with Crippen molar-refractivity contribution in [2.45, 2.75) is 19.4 Å². The number of para-hydroxylation sites is 1. The van der Waals surface area contributed by atoms with Crippen molar-refractivity contribution < 1.29 is 14.3 Å². The highest BCUT2D eigenvalue weighted by Gasteiger charge is 2.24. The number of esters is 1. The average molecular weight is 367 g/mol. The second-order valence-electron chi connectivity index (χ2n) is 6.01. The van der Waals surface area contributed by atoms with Crippen LogP contribution in [0.5, 0.6) is 0 Å². The molecule has 0 aliphatic heterocycles. The van der Waals surface area contributed by atoms with Gasteiger partial charge in [0.2, 0.25) is 0 Å². The molecule has 1 atom stereocenters. The normalized spacial score (nSPS) is 11.9. The number of H-pyrrole nitrogens is 1. The van der Waals surface area contributed by atoms with Crippen molar-refractivity contribution in [2.75, 3.05) is 13.6 Å². The number of aromatic nitrogens is 3. The summed E-state index contributed by atoms with van der Waals surface area (Å²) in [7, 11) is 1.53. The van der Waals surface area contributed by atoms with Gasteiger partial charge in [-0.2, -0.15) is 10.4 Å². The van der Waals surface area contributed by atoms with Crippen LogP contribution in [0.3, 0.4) is 0 Å². The molecule has 0 saturated carbocycles. The zero-order valence-corrected chi connectivity index (χ0v) is 14.8. The van der Waals surface area contributed by atoms with E-state index in [1.165, 1.54) is 29.6 Å². The molecule has 3 aromatic rings. The van der Waals surface area contributed by atoms with Crippen LogP contribution in [0.15, 0.2) is 35.3 Å². The number of fused-ring (bicyclic) bond motifs is 3. The van der Waals surface area contributed by atoms with E-state index >= 15 is 0 Å². The van der Waals surface area contributed by atoms with Gasteiger partial charge in [-0.15, -0.1) is 0 Å². The van der Waals surface area contributed by atoms with Crippen molar-refractivity contribution in [3.63, 3.8) is 0 Å². The number of nitrogens with one attached hydrogen (secondary N) is 1. The number of hydrogen-bond donors (Lipinski definition) is 1. The van der Waals surface area contributed by atoms with E-state index in [9.17, 15) is 14.4 Å². The molecule has 0 spiro atoms. The number of nitrogens with zero attached hydrogens (tertiary/aromatic N) is 4. The summed E-state index contributed by atoms with van der Waals surface area (Å²) in [5.74, 6) is -1.19. The van der Waals surface area contributed by atoms with Crippen molar-refractivity contribution >= 4 is 28.4 Å². The van der Waals surface area contributed by atoms with E-state index in [0.717, 1.165) is 0 Å². The monoisotopic (exact) mass is 367 g/mol. The van der Waals surface area contributed by atoms with Gasteiger partial charge in [0.25, 0.3) is 11.5 Å². The molecule has 9 heteroatoms. The highest BCUT2D eigenvalue weighted by molar-refractivity contribution is 5.98. The Hall–Kier alpha value is -3.67. The minimum atomic E-state index is -1.04. The first-order valence-electron chi connectivity index (χ1n) is 8.25. The van der Waals surface area contributed by atoms with Gasteiger partial charge < -0.3 is 14.6 Å². The predicted octanol–water partition coefficient (Wildman–Crippen LogP) is 1.09. The first kappa shape index (κ1) is 18.1. The number of nitriles is 1. The third-order valence-electron chi connectivity index (χ3n) is 4.16. The molecular weight excluding hydrogens is 350 g/mol. The number of carbonyl (C=O) groups excluding carboxylic acids is 2. The molecule has 0 aliphatic carbocycles. The number of benzene rings is 1. The van der Waals surface area contributed by atoms with E-state index < -0.39 is 18.0 Å². The number of ether oxygens (including phenoxy) is 1. The molecule has 0 bridgehead atoms. The lowest BCUT2D eigenvalue weighted by Gasteiger charge is -2.20. The topological polar surface area (TPSA) is 121 Å². The molecule has 1 aromatic carbocycles. The minimum Gasteiger partial charge on any atom is -0.449 e.